The van der Waals surface area contributed by atoms with Crippen LogP contribution in [0.1, 0.15) is 6.92 Å². The van der Waals surface area contributed by atoms with E-state index in [2.05, 4.69) is 17.9 Å². The van der Waals surface area contributed by atoms with E-state index in [1.54, 1.807) is 0 Å². The van der Waals surface area contributed by atoms with Crippen LogP contribution in [0.15, 0.2) is 0 Å². The van der Waals surface area contributed by atoms with E-state index in [0.29, 0.717) is 12.3 Å². The molecule has 0 saturated carbocycles. The summed E-state index contributed by atoms with van der Waals surface area (Å²) in [4.78, 5) is 10.1. The third-order valence-corrected chi connectivity index (χ3v) is 0.709. The van der Waals surface area contributed by atoms with Gasteiger partial charge in [0.1, 0.15) is 0 Å². The molecule has 0 bridgehead atoms. The van der Waals surface area contributed by atoms with Crippen LogP contribution in [0.25, 0.3) is 0 Å². The normalized spacial score (nSPS) is 7.25. The van der Waals surface area contributed by atoms with E-state index >= 15 is 0 Å². The van der Waals surface area contributed by atoms with Crippen LogP contribution in [0.4, 0.5) is 0 Å². The van der Waals surface area contributed by atoms with E-state index in [1.807, 2.05) is 0 Å². The first-order chi connectivity index (χ1) is 3.27. The monoisotopic (exact) mass is 142 g/mol. The van der Waals surface area contributed by atoms with Gasteiger partial charge in [-0.25, -0.2) is 0 Å². The van der Waals surface area contributed by atoms with Crippen molar-refractivity contribution in [2.45, 2.75) is 6.92 Å². The average Bonchev–Trinajstić information content (AvgIpc) is 1.61. The molecule has 2 nitrogen and oxygen atoms in total. The summed E-state index contributed by atoms with van der Waals surface area (Å²) in [5.74, 6) is 0.716. The first kappa shape index (κ1) is 11.6. The Bertz CT molecular complexity index is 69.1. The number of carbonyl (C=O) groups is 1. The van der Waals surface area contributed by atoms with Crippen LogP contribution >= 0.6 is 12.6 Å². The van der Waals surface area contributed by atoms with Crippen LogP contribution in [0.3, 0.4) is 0 Å². The minimum atomic E-state index is 0. The predicted molar refractivity (Wildman–Crippen MR) is 32.5 cm³/mol. The number of nitrogens with one attached hydrogen (secondary N) is 1. The Kier molecular flexibility index (Phi) is 11.3. The fourth-order valence-electron chi connectivity index (χ4n) is 0.232. The summed E-state index contributed by atoms with van der Waals surface area (Å²) in [5.41, 5.74) is 0. The van der Waals surface area contributed by atoms with Gasteiger partial charge in [-0.15, -0.1) is 0 Å². The average molecular weight is 142 g/mol. The van der Waals surface area contributed by atoms with Crippen molar-refractivity contribution in [3.8, 4) is 0 Å². The Morgan fingerprint density at radius 2 is 2.25 bits per heavy atom. The van der Waals surface area contributed by atoms with Crippen LogP contribution in [0.5, 0.6) is 0 Å². The molecule has 8 heavy (non-hydrogen) atoms. The van der Waals surface area contributed by atoms with Crippen molar-refractivity contribution in [2.24, 2.45) is 0 Å². The first-order valence-corrected chi connectivity index (χ1v) is 2.76. The number of hydrogen-bond donors (Lipinski definition) is 2. The molecular weight excluding hydrogens is 133 g/mol. The smallest absolute Gasteiger partial charge is 0.356 e. The molecule has 0 unspecified atom stereocenters. The fraction of sp³-hybridized carbons (Fsp3) is 0.750. The summed E-state index contributed by atoms with van der Waals surface area (Å²) in [5, 5.41) is 2.58. The summed E-state index contributed by atoms with van der Waals surface area (Å²) in [6, 6.07) is 0. The standard InChI is InChI=1S/C4H9NOS.Na/c1-4(6)5-2-3-7;/h7H,2-3H2,1H3,(H,5,6);/q;+1. The van der Waals surface area contributed by atoms with E-state index in [1.165, 1.54) is 6.92 Å². The van der Waals surface area contributed by atoms with Crippen molar-refractivity contribution in [1.29, 1.82) is 0 Å². The van der Waals surface area contributed by atoms with Gasteiger partial charge in [0.05, 0.1) is 0 Å². The zero-order valence-corrected chi connectivity index (χ0v) is 8.16. The summed E-state index contributed by atoms with van der Waals surface area (Å²) in [6.45, 7) is 2.15. The van der Waals surface area contributed by atoms with Crippen LogP contribution in [0, 0.1) is 0 Å². The molecule has 0 aromatic heterocycles. The molecule has 0 aliphatic rings. The van der Waals surface area contributed by atoms with Crippen LogP contribution in [-0.2, 0) is 4.79 Å². The van der Waals surface area contributed by atoms with Gasteiger partial charge in [0.2, 0.25) is 5.91 Å². The number of amides is 1. The molecule has 0 aliphatic carbocycles. The minimum Gasteiger partial charge on any atom is -0.356 e. The maximum Gasteiger partial charge on any atom is 1.00 e. The molecule has 0 aromatic carbocycles. The summed E-state index contributed by atoms with van der Waals surface area (Å²) in [6.07, 6.45) is 0. The number of hydrogen-bond acceptors (Lipinski definition) is 2. The Morgan fingerprint density at radius 1 is 1.75 bits per heavy atom. The van der Waals surface area contributed by atoms with Gasteiger partial charge >= 0.3 is 29.6 Å². The number of thiol groups is 1. The maximum absolute atomic E-state index is 10.1. The van der Waals surface area contributed by atoms with E-state index < -0.39 is 0 Å². The second-order valence-corrected chi connectivity index (χ2v) is 1.65. The van der Waals surface area contributed by atoms with Gasteiger partial charge in [-0.3, -0.25) is 4.79 Å². The fourth-order valence-corrected chi connectivity index (χ4v) is 0.344. The van der Waals surface area contributed by atoms with Gasteiger partial charge in [0, 0.05) is 19.2 Å². The molecule has 0 radical (unpaired) electrons. The Hall–Kier alpha value is 0.820. The van der Waals surface area contributed by atoms with Crippen molar-refractivity contribution >= 4 is 18.5 Å². The van der Waals surface area contributed by atoms with Crippen LogP contribution in [-0.4, -0.2) is 18.2 Å². The molecule has 0 rings (SSSR count). The molecular formula is C4H9NNaOS+. The summed E-state index contributed by atoms with van der Waals surface area (Å²) >= 11 is 3.88. The van der Waals surface area contributed by atoms with Gasteiger partial charge in [0.25, 0.3) is 0 Å². The molecule has 0 atom stereocenters. The van der Waals surface area contributed by atoms with Gasteiger partial charge in [0.15, 0.2) is 0 Å². The zero-order chi connectivity index (χ0) is 5.70. The second-order valence-electron chi connectivity index (χ2n) is 1.21. The predicted octanol–water partition coefficient (Wildman–Crippen LogP) is -2.94. The topological polar surface area (TPSA) is 29.1 Å². The summed E-state index contributed by atoms with van der Waals surface area (Å²) in [7, 11) is 0. The Morgan fingerprint density at radius 3 is 2.38 bits per heavy atom. The van der Waals surface area contributed by atoms with E-state index in [0.717, 1.165) is 0 Å². The largest absolute Gasteiger partial charge is 1.00 e. The van der Waals surface area contributed by atoms with E-state index in [-0.39, 0.29) is 35.5 Å². The molecule has 0 spiro atoms. The van der Waals surface area contributed by atoms with Crippen molar-refractivity contribution < 1.29 is 34.4 Å². The molecule has 0 aliphatic heterocycles. The minimum absolute atomic E-state index is 0. The molecule has 42 valence electrons. The zero-order valence-electron chi connectivity index (χ0n) is 5.27. The molecule has 0 saturated heterocycles. The first-order valence-electron chi connectivity index (χ1n) is 2.12. The van der Waals surface area contributed by atoms with Crippen LogP contribution in [0.2, 0.25) is 0 Å². The van der Waals surface area contributed by atoms with Gasteiger partial charge in [-0.05, 0) is 0 Å². The molecule has 4 heteroatoms. The Balaban J connectivity index is 0. The van der Waals surface area contributed by atoms with Gasteiger partial charge in [-0.1, -0.05) is 0 Å². The molecule has 1 N–H and O–H groups in total. The van der Waals surface area contributed by atoms with Crippen LogP contribution < -0.4 is 34.9 Å². The van der Waals surface area contributed by atoms with Gasteiger partial charge in [-0.2, -0.15) is 12.6 Å². The molecule has 0 fully saturated rings. The SMILES string of the molecule is CC(=O)NCCS.[Na+]. The number of carbonyl (C=O) groups excluding carboxylic acids is 1. The maximum atomic E-state index is 10.1. The number of rotatable bonds is 2. The van der Waals surface area contributed by atoms with Crippen molar-refractivity contribution in [3.63, 3.8) is 0 Å². The van der Waals surface area contributed by atoms with Crippen molar-refractivity contribution in [2.75, 3.05) is 12.3 Å². The Labute approximate surface area is 77.1 Å². The van der Waals surface area contributed by atoms with E-state index in [4.69, 9.17) is 0 Å². The second kappa shape index (κ2) is 7.82. The van der Waals surface area contributed by atoms with Crippen molar-refractivity contribution in [1.82, 2.24) is 5.32 Å². The molecule has 0 aromatic rings. The molecule has 0 heterocycles. The van der Waals surface area contributed by atoms with Crippen molar-refractivity contribution in [3.05, 3.63) is 0 Å². The van der Waals surface area contributed by atoms with E-state index in [9.17, 15) is 4.79 Å². The molecule has 1 amide bonds. The third-order valence-electron chi connectivity index (χ3n) is 0.486. The quantitative estimate of drug-likeness (QED) is 0.313. The third kappa shape index (κ3) is 9.94. The summed E-state index contributed by atoms with van der Waals surface area (Å²) < 4.78 is 0. The van der Waals surface area contributed by atoms with Gasteiger partial charge < -0.3 is 5.32 Å².